The van der Waals surface area contributed by atoms with Crippen molar-refractivity contribution in [2.75, 3.05) is 0 Å². The van der Waals surface area contributed by atoms with Crippen molar-refractivity contribution in [2.24, 2.45) is 0 Å². The van der Waals surface area contributed by atoms with Crippen LogP contribution >= 0.6 is 11.3 Å². The van der Waals surface area contributed by atoms with Crippen molar-refractivity contribution >= 4 is 17.2 Å². The number of carbonyl (C=O) groups excluding carboxylic acids is 1. The molecular formula is C6H7N2OS. The van der Waals surface area contributed by atoms with Gasteiger partial charge in [-0.05, 0) is 0 Å². The Morgan fingerprint density at radius 1 is 1.90 bits per heavy atom. The van der Waals surface area contributed by atoms with Crippen LogP contribution in [0.2, 0.25) is 0 Å². The van der Waals surface area contributed by atoms with Crippen molar-refractivity contribution in [3.05, 3.63) is 23.1 Å². The van der Waals surface area contributed by atoms with Crippen LogP contribution in [-0.2, 0) is 4.79 Å². The molecule has 1 radical (unpaired) electrons. The smallest absolute Gasteiger partial charge is 0.217 e. The Morgan fingerprint density at radius 3 is 3.20 bits per heavy atom. The molecule has 0 aliphatic heterocycles. The predicted molar refractivity (Wildman–Crippen MR) is 39.3 cm³/mol. The Bertz CT molecular complexity index is 208. The quantitative estimate of drug-likeness (QED) is 0.686. The normalized spacial score (nSPS) is 9.30. The lowest BCUT2D eigenvalue weighted by atomic mass is 10.6. The van der Waals surface area contributed by atoms with E-state index in [0.29, 0.717) is 0 Å². The van der Waals surface area contributed by atoms with Crippen LogP contribution in [0.5, 0.6) is 0 Å². The third-order valence-corrected chi connectivity index (χ3v) is 1.57. The molecule has 0 aromatic carbocycles. The van der Waals surface area contributed by atoms with Gasteiger partial charge in [-0.1, -0.05) is 0 Å². The van der Waals surface area contributed by atoms with Crippen molar-refractivity contribution in [3.8, 4) is 0 Å². The number of nitrogens with one attached hydrogen (secondary N) is 1. The largest absolute Gasteiger partial charge is 0.345 e. The van der Waals surface area contributed by atoms with Gasteiger partial charge in [0.1, 0.15) is 11.6 Å². The number of nitrogens with zero attached hydrogens (tertiary/aromatic N) is 1. The first-order chi connectivity index (χ1) is 4.79. The molecular weight excluding hydrogens is 148 g/mol. The van der Waals surface area contributed by atoms with Crippen LogP contribution in [-0.4, -0.2) is 10.9 Å². The summed E-state index contributed by atoms with van der Waals surface area (Å²) in [6.07, 6.45) is 1.69. The summed E-state index contributed by atoms with van der Waals surface area (Å²) in [6, 6.07) is 0. The van der Waals surface area contributed by atoms with Crippen molar-refractivity contribution in [3.63, 3.8) is 0 Å². The molecule has 0 saturated heterocycles. The van der Waals surface area contributed by atoms with Gasteiger partial charge in [-0.25, -0.2) is 4.98 Å². The minimum atomic E-state index is -0.0739. The number of amides is 1. The Labute approximate surface area is 63.1 Å². The van der Waals surface area contributed by atoms with Gasteiger partial charge in [-0.3, -0.25) is 4.79 Å². The van der Waals surface area contributed by atoms with E-state index in [1.165, 1.54) is 18.3 Å². The van der Waals surface area contributed by atoms with Crippen LogP contribution < -0.4 is 5.32 Å². The highest BCUT2D eigenvalue weighted by atomic mass is 32.1. The van der Waals surface area contributed by atoms with Gasteiger partial charge >= 0.3 is 0 Å². The number of hydrogen-bond acceptors (Lipinski definition) is 3. The zero-order valence-corrected chi connectivity index (χ0v) is 6.31. The van der Waals surface area contributed by atoms with Gasteiger partial charge in [0.05, 0.1) is 0 Å². The molecule has 0 unspecified atom stereocenters. The molecule has 3 nitrogen and oxygen atoms in total. The third kappa shape index (κ3) is 2.14. The molecule has 0 saturated carbocycles. The molecule has 1 aromatic rings. The van der Waals surface area contributed by atoms with Crippen LogP contribution in [0.15, 0.2) is 11.6 Å². The maximum absolute atomic E-state index is 10.4. The summed E-state index contributed by atoms with van der Waals surface area (Å²) in [4.78, 5) is 14.3. The SMILES string of the molecule is CC(=O)N[CH]c1nccs1. The fourth-order valence-electron chi connectivity index (χ4n) is 0.469. The summed E-state index contributed by atoms with van der Waals surface area (Å²) in [6.45, 7) is 3.05. The summed E-state index contributed by atoms with van der Waals surface area (Å²) in [5, 5.41) is 5.20. The lowest BCUT2D eigenvalue weighted by molar-refractivity contribution is -0.118. The van der Waals surface area contributed by atoms with Gasteiger partial charge in [0, 0.05) is 18.5 Å². The molecule has 0 atom stereocenters. The van der Waals surface area contributed by atoms with Gasteiger partial charge in [-0.2, -0.15) is 0 Å². The highest BCUT2D eigenvalue weighted by molar-refractivity contribution is 7.09. The average Bonchev–Trinajstić information content (AvgIpc) is 2.34. The molecule has 10 heavy (non-hydrogen) atoms. The minimum Gasteiger partial charge on any atom is -0.345 e. The van der Waals surface area contributed by atoms with Crippen LogP contribution in [0.3, 0.4) is 0 Å². The summed E-state index contributed by atoms with van der Waals surface area (Å²) in [5.74, 6) is -0.0739. The number of thiazole rings is 1. The van der Waals surface area contributed by atoms with Gasteiger partial charge < -0.3 is 5.32 Å². The van der Waals surface area contributed by atoms with Crippen molar-refractivity contribution < 1.29 is 4.79 Å². The standard InChI is InChI=1S/C6H7N2OS/c1-5(9)8-4-6-7-2-3-10-6/h2-4H,1H3,(H,8,9). The van der Waals surface area contributed by atoms with E-state index in [-0.39, 0.29) is 5.91 Å². The molecule has 1 N–H and O–H groups in total. The summed E-state index contributed by atoms with van der Waals surface area (Å²) in [7, 11) is 0. The van der Waals surface area contributed by atoms with E-state index in [9.17, 15) is 4.79 Å². The fourth-order valence-corrected chi connectivity index (χ4v) is 0.979. The topological polar surface area (TPSA) is 42.0 Å². The molecule has 0 fully saturated rings. The average molecular weight is 155 g/mol. The van der Waals surface area contributed by atoms with Gasteiger partial charge in [0.25, 0.3) is 0 Å². The molecule has 1 rings (SSSR count). The number of rotatable bonds is 2. The van der Waals surface area contributed by atoms with Crippen molar-refractivity contribution in [1.82, 2.24) is 10.3 Å². The van der Waals surface area contributed by atoms with E-state index in [2.05, 4.69) is 10.3 Å². The number of aromatic nitrogens is 1. The van der Waals surface area contributed by atoms with Gasteiger partial charge in [0.2, 0.25) is 5.91 Å². The summed E-state index contributed by atoms with van der Waals surface area (Å²) >= 11 is 1.48. The second-order valence-corrected chi connectivity index (χ2v) is 2.64. The van der Waals surface area contributed by atoms with Crippen molar-refractivity contribution in [1.29, 1.82) is 0 Å². The molecule has 4 heteroatoms. The highest BCUT2D eigenvalue weighted by Crippen LogP contribution is 2.03. The molecule has 1 amide bonds. The Hall–Kier alpha value is -0.900. The summed E-state index contributed by atoms with van der Waals surface area (Å²) in [5.41, 5.74) is 0. The van der Waals surface area contributed by atoms with Crippen LogP contribution in [0.1, 0.15) is 11.9 Å². The highest BCUT2D eigenvalue weighted by Gasteiger charge is 1.95. The van der Waals surface area contributed by atoms with E-state index >= 15 is 0 Å². The summed E-state index contributed by atoms with van der Waals surface area (Å²) < 4.78 is 0. The molecule has 0 bridgehead atoms. The molecule has 0 spiro atoms. The zero-order valence-electron chi connectivity index (χ0n) is 5.50. The van der Waals surface area contributed by atoms with Crippen LogP contribution in [0.4, 0.5) is 0 Å². The Morgan fingerprint density at radius 2 is 2.70 bits per heavy atom. The monoisotopic (exact) mass is 155 g/mol. The van der Waals surface area contributed by atoms with E-state index in [4.69, 9.17) is 0 Å². The zero-order chi connectivity index (χ0) is 7.40. The molecule has 0 aliphatic rings. The maximum Gasteiger partial charge on any atom is 0.217 e. The second kappa shape index (κ2) is 3.31. The Balaban J connectivity index is 2.35. The lowest BCUT2D eigenvalue weighted by Gasteiger charge is -1.93. The Kier molecular flexibility index (Phi) is 2.39. The van der Waals surface area contributed by atoms with E-state index in [1.54, 1.807) is 12.7 Å². The molecule has 53 valence electrons. The van der Waals surface area contributed by atoms with E-state index in [0.717, 1.165) is 5.01 Å². The minimum absolute atomic E-state index is 0.0739. The van der Waals surface area contributed by atoms with Crippen LogP contribution in [0.25, 0.3) is 0 Å². The fraction of sp³-hybridized carbons (Fsp3) is 0.167. The maximum atomic E-state index is 10.4. The first kappa shape index (κ1) is 7.21. The van der Waals surface area contributed by atoms with Gasteiger partial charge in [-0.15, -0.1) is 11.3 Å². The lowest BCUT2D eigenvalue weighted by Crippen LogP contribution is -2.16. The van der Waals surface area contributed by atoms with Crippen molar-refractivity contribution in [2.45, 2.75) is 6.92 Å². The number of carbonyl (C=O) groups is 1. The predicted octanol–water partition coefficient (Wildman–Crippen LogP) is 0.789. The molecule has 1 aromatic heterocycles. The van der Waals surface area contributed by atoms with Gasteiger partial charge in [0.15, 0.2) is 0 Å². The van der Waals surface area contributed by atoms with Crippen LogP contribution in [0, 0.1) is 6.54 Å². The molecule has 1 heterocycles. The van der Waals surface area contributed by atoms with E-state index in [1.807, 2.05) is 5.38 Å². The first-order valence-corrected chi connectivity index (χ1v) is 3.67. The first-order valence-electron chi connectivity index (χ1n) is 2.79. The third-order valence-electron chi connectivity index (χ3n) is 0.850. The van der Waals surface area contributed by atoms with E-state index < -0.39 is 0 Å². The second-order valence-electron chi connectivity index (χ2n) is 1.72. The number of hydrogen-bond donors (Lipinski definition) is 1. The molecule has 0 aliphatic carbocycles.